The Morgan fingerprint density at radius 1 is 1.29 bits per heavy atom. The number of benzene rings is 1. The van der Waals surface area contributed by atoms with E-state index in [9.17, 15) is 18.0 Å². The average molecular weight is 404 g/mol. The molecule has 2 amide bonds. The molecule has 0 heterocycles. The van der Waals surface area contributed by atoms with Crippen molar-refractivity contribution in [2.45, 2.75) is 44.2 Å². The summed E-state index contributed by atoms with van der Waals surface area (Å²) in [7, 11) is -3.91. The quantitative estimate of drug-likeness (QED) is 0.557. The number of hydrogen-bond acceptors (Lipinski definition) is 4. The predicted octanol–water partition coefficient (Wildman–Crippen LogP) is 1.72. The minimum atomic E-state index is -3.91. The molecule has 1 atom stereocenters. The van der Waals surface area contributed by atoms with Crippen molar-refractivity contribution in [3.63, 3.8) is 0 Å². The van der Waals surface area contributed by atoms with E-state index >= 15 is 0 Å². The van der Waals surface area contributed by atoms with Gasteiger partial charge >= 0.3 is 5.91 Å². The Kier molecular flexibility index (Phi) is 7.33. The van der Waals surface area contributed by atoms with E-state index < -0.39 is 33.4 Å². The van der Waals surface area contributed by atoms with Crippen LogP contribution in [0.2, 0.25) is 0 Å². The van der Waals surface area contributed by atoms with Crippen LogP contribution in [0.25, 0.3) is 0 Å². The van der Waals surface area contributed by atoms with Crippen LogP contribution in [-0.4, -0.2) is 31.8 Å². The molecule has 0 aliphatic rings. The van der Waals surface area contributed by atoms with Crippen molar-refractivity contribution in [3.05, 3.63) is 48.6 Å². The lowest BCUT2D eigenvalue weighted by atomic mass is 10.0. The van der Waals surface area contributed by atoms with Gasteiger partial charge in [0, 0.05) is 11.2 Å². The lowest BCUT2D eigenvalue weighted by molar-refractivity contribution is -0.125. The van der Waals surface area contributed by atoms with Crippen molar-refractivity contribution in [1.29, 1.82) is 0 Å². The SMILES string of the molecule is C#CC(=O)N(c1ccc(S(N)(=O)=O)cc1)C(C(=O)NC(C)(C)C)/C(C=C)=C/C. The predicted molar refractivity (Wildman–Crippen MR) is 110 cm³/mol. The lowest BCUT2D eigenvalue weighted by Gasteiger charge is -2.33. The summed E-state index contributed by atoms with van der Waals surface area (Å²) in [6.45, 7) is 10.8. The highest BCUT2D eigenvalue weighted by atomic mass is 32.2. The van der Waals surface area contributed by atoms with E-state index in [2.05, 4.69) is 11.9 Å². The number of allylic oxidation sites excluding steroid dienone is 1. The zero-order valence-corrected chi connectivity index (χ0v) is 17.2. The fourth-order valence-electron chi connectivity index (χ4n) is 2.49. The first-order valence-corrected chi connectivity index (χ1v) is 9.93. The average Bonchev–Trinajstić information content (AvgIpc) is 2.59. The molecule has 0 fully saturated rings. The monoisotopic (exact) mass is 403 g/mol. The largest absolute Gasteiger partial charge is 0.349 e. The summed E-state index contributed by atoms with van der Waals surface area (Å²) in [4.78, 5) is 26.5. The number of carbonyl (C=O) groups is 2. The van der Waals surface area contributed by atoms with Crippen molar-refractivity contribution in [1.82, 2.24) is 5.32 Å². The Labute approximate surface area is 166 Å². The molecule has 0 aliphatic heterocycles. The Bertz CT molecular complexity index is 933. The maximum atomic E-state index is 13.0. The summed E-state index contributed by atoms with van der Waals surface area (Å²) in [5.74, 6) is 0.788. The second-order valence-corrected chi connectivity index (χ2v) is 8.55. The summed E-state index contributed by atoms with van der Waals surface area (Å²) in [5.41, 5.74) is 0.143. The Morgan fingerprint density at radius 2 is 1.82 bits per heavy atom. The fraction of sp³-hybridized carbons (Fsp3) is 0.300. The maximum absolute atomic E-state index is 13.0. The van der Waals surface area contributed by atoms with Crippen molar-refractivity contribution in [2.24, 2.45) is 5.14 Å². The molecule has 1 aromatic carbocycles. The molecule has 0 bridgehead atoms. The van der Waals surface area contributed by atoms with Gasteiger partial charge in [0.2, 0.25) is 15.9 Å². The zero-order valence-electron chi connectivity index (χ0n) is 16.4. The smallest absolute Gasteiger partial charge is 0.303 e. The lowest BCUT2D eigenvalue weighted by Crippen LogP contribution is -2.54. The molecule has 1 unspecified atom stereocenters. The van der Waals surface area contributed by atoms with Gasteiger partial charge in [-0.15, -0.1) is 6.42 Å². The van der Waals surface area contributed by atoms with Crippen LogP contribution < -0.4 is 15.4 Å². The summed E-state index contributed by atoms with van der Waals surface area (Å²) in [6, 6.07) is 4.11. The first kappa shape index (κ1) is 23.1. The molecular formula is C20H25N3O4S. The van der Waals surface area contributed by atoms with Gasteiger partial charge in [0.05, 0.1) is 4.90 Å². The van der Waals surface area contributed by atoms with Crippen LogP contribution in [0.5, 0.6) is 0 Å². The second-order valence-electron chi connectivity index (χ2n) is 6.99. The molecule has 8 heteroatoms. The van der Waals surface area contributed by atoms with Gasteiger partial charge in [0.1, 0.15) is 6.04 Å². The topological polar surface area (TPSA) is 110 Å². The number of carbonyl (C=O) groups excluding carboxylic acids is 2. The highest BCUT2D eigenvalue weighted by molar-refractivity contribution is 7.89. The third-order valence-corrected chi connectivity index (χ3v) is 4.60. The molecule has 0 aliphatic carbocycles. The molecular weight excluding hydrogens is 378 g/mol. The number of amides is 2. The van der Waals surface area contributed by atoms with Crippen LogP contribution in [0.3, 0.4) is 0 Å². The molecule has 1 rings (SSSR count). The summed E-state index contributed by atoms with van der Waals surface area (Å²) < 4.78 is 23.0. The van der Waals surface area contributed by atoms with E-state index in [-0.39, 0.29) is 10.6 Å². The number of nitrogens with zero attached hydrogens (tertiary/aromatic N) is 1. The number of sulfonamides is 1. The van der Waals surface area contributed by atoms with Crippen molar-refractivity contribution in [2.75, 3.05) is 4.90 Å². The van der Waals surface area contributed by atoms with Crippen LogP contribution in [0.1, 0.15) is 27.7 Å². The molecule has 1 aromatic rings. The van der Waals surface area contributed by atoms with Gasteiger partial charge in [-0.2, -0.15) is 0 Å². The first-order chi connectivity index (χ1) is 12.9. The summed E-state index contributed by atoms with van der Waals surface area (Å²) in [6.07, 6.45) is 8.43. The van der Waals surface area contributed by atoms with Gasteiger partial charge in [-0.05, 0) is 63.5 Å². The molecule has 0 saturated carbocycles. The van der Waals surface area contributed by atoms with E-state index in [1.165, 1.54) is 30.3 Å². The molecule has 0 spiro atoms. The number of hydrogen-bond donors (Lipinski definition) is 2. The molecule has 0 radical (unpaired) electrons. The minimum Gasteiger partial charge on any atom is -0.349 e. The molecule has 3 N–H and O–H groups in total. The Hall–Kier alpha value is -2.89. The normalized spacial score (nSPS) is 13.2. The number of nitrogens with two attached hydrogens (primary N) is 1. The van der Waals surface area contributed by atoms with Crippen LogP contribution in [0.4, 0.5) is 5.69 Å². The van der Waals surface area contributed by atoms with E-state index in [4.69, 9.17) is 11.6 Å². The highest BCUT2D eigenvalue weighted by Crippen LogP contribution is 2.24. The van der Waals surface area contributed by atoms with E-state index in [1.807, 2.05) is 5.92 Å². The van der Waals surface area contributed by atoms with Gasteiger partial charge in [-0.3, -0.25) is 14.5 Å². The maximum Gasteiger partial charge on any atom is 0.303 e. The van der Waals surface area contributed by atoms with Gasteiger partial charge in [-0.1, -0.05) is 18.7 Å². The van der Waals surface area contributed by atoms with Crippen molar-refractivity contribution < 1.29 is 18.0 Å². The van der Waals surface area contributed by atoms with Crippen molar-refractivity contribution >= 4 is 27.5 Å². The zero-order chi connectivity index (χ0) is 21.7. The standard InChI is InChI=1S/C20H25N3O4S/c1-7-14(8-2)18(19(25)22-20(4,5)6)23(17(24)9-3)15-10-12-16(13-11-15)28(21,26)27/h3,7-8,10-13,18H,1H2,2,4-6H3,(H,22,25)(H2,21,26,27)/b14-8+. The number of nitrogens with one attached hydrogen (secondary N) is 1. The molecule has 0 aromatic heterocycles. The van der Waals surface area contributed by atoms with Crippen LogP contribution in [0, 0.1) is 12.3 Å². The first-order valence-electron chi connectivity index (χ1n) is 8.39. The number of anilines is 1. The van der Waals surface area contributed by atoms with E-state index in [0.717, 1.165) is 4.90 Å². The number of primary sulfonamides is 1. The molecule has 7 nitrogen and oxygen atoms in total. The molecule has 150 valence electrons. The summed E-state index contributed by atoms with van der Waals surface area (Å²) in [5, 5.41) is 7.94. The van der Waals surface area contributed by atoms with Crippen LogP contribution >= 0.6 is 0 Å². The Morgan fingerprint density at radius 3 is 2.18 bits per heavy atom. The van der Waals surface area contributed by atoms with Gasteiger partial charge in [0.15, 0.2) is 0 Å². The number of rotatable bonds is 6. The Balaban J connectivity index is 3.59. The van der Waals surface area contributed by atoms with Gasteiger partial charge in [0.25, 0.3) is 0 Å². The van der Waals surface area contributed by atoms with Gasteiger partial charge < -0.3 is 5.32 Å². The van der Waals surface area contributed by atoms with Crippen LogP contribution in [0.15, 0.2) is 53.5 Å². The number of terminal acetylenes is 1. The van der Waals surface area contributed by atoms with Crippen LogP contribution in [-0.2, 0) is 19.6 Å². The second kappa shape index (κ2) is 8.87. The molecule has 0 saturated heterocycles. The minimum absolute atomic E-state index is 0.130. The molecule has 28 heavy (non-hydrogen) atoms. The van der Waals surface area contributed by atoms with E-state index in [1.54, 1.807) is 33.8 Å². The highest BCUT2D eigenvalue weighted by Gasteiger charge is 2.34. The van der Waals surface area contributed by atoms with E-state index in [0.29, 0.717) is 5.57 Å². The van der Waals surface area contributed by atoms with Gasteiger partial charge in [-0.25, -0.2) is 13.6 Å². The third kappa shape index (κ3) is 5.81. The summed E-state index contributed by atoms with van der Waals surface area (Å²) >= 11 is 0. The van der Waals surface area contributed by atoms with Crippen molar-refractivity contribution in [3.8, 4) is 12.3 Å². The fourth-order valence-corrected chi connectivity index (χ4v) is 3.01. The third-order valence-electron chi connectivity index (χ3n) is 3.68.